The quantitative estimate of drug-likeness (QED) is 0.516. The lowest BCUT2D eigenvalue weighted by Crippen LogP contribution is -2.25. The summed E-state index contributed by atoms with van der Waals surface area (Å²) in [5.74, 6) is 0.845. The summed E-state index contributed by atoms with van der Waals surface area (Å²) in [7, 11) is 0. The van der Waals surface area contributed by atoms with E-state index < -0.39 is 0 Å². The van der Waals surface area contributed by atoms with E-state index in [1.165, 1.54) is 5.56 Å². The van der Waals surface area contributed by atoms with Gasteiger partial charge in [0, 0.05) is 18.5 Å². The van der Waals surface area contributed by atoms with Crippen LogP contribution in [0.1, 0.15) is 19.4 Å². The number of hydrogen-bond donors (Lipinski definition) is 0. The van der Waals surface area contributed by atoms with Crippen molar-refractivity contribution in [2.24, 2.45) is 0 Å². The molecule has 3 nitrogen and oxygen atoms in total. The van der Waals surface area contributed by atoms with Crippen molar-refractivity contribution in [3.63, 3.8) is 0 Å². The predicted molar refractivity (Wildman–Crippen MR) is 76.5 cm³/mol. The second kappa shape index (κ2) is 9.36. The van der Waals surface area contributed by atoms with Crippen molar-refractivity contribution in [1.82, 2.24) is 0 Å². The smallest absolute Gasteiger partial charge is 0.191 e. The van der Waals surface area contributed by atoms with E-state index in [0.29, 0.717) is 19.8 Å². The Hall–Kier alpha value is -0.580. The maximum absolute atomic E-state index is 5.64. The number of rotatable bonds is 9. The molecule has 0 radical (unpaired) electrons. The maximum atomic E-state index is 5.64. The molecule has 0 saturated carbocycles. The lowest BCUT2D eigenvalue weighted by atomic mass is 10.2. The molecule has 4 heteroatoms. The molecule has 0 saturated heterocycles. The van der Waals surface area contributed by atoms with Gasteiger partial charge in [-0.2, -0.15) is 0 Å². The van der Waals surface area contributed by atoms with Crippen molar-refractivity contribution in [3.05, 3.63) is 29.8 Å². The van der Waals surface area contributed by atoms with E-state index >= 15 is 0 Å². The molecule has 0 aromatic heterocycles. The first kappa shape index (κ1) is 15.5. The van der Waals surface area contributed by atoms with Crippen molar-refractivity contribution in [3.8, 4) is 5.75 Å². The van der Waals surface area contributed by atoms with Crippen LogP contribution in [0.15, 0.2) is 24.3 Å². The van der Waals surface area contributed by atoms with Gasteiger partial charge >= 0.3 is 0 Å². The summed E-state index contributed by atoms with van der Waals surface area (Å²) in [5.41, 5.74) is 1.30. The Morgan fingerprint density at radius 2 is 1.67 bits per heavy atom. The lowest BCUT2D eigenvalue weighted by Gasteiger charge is -2.17. The number of benzene rings is 1. The lowest BCUT2D eigenvalue weighted by molar-refractivity contribution is -0.152. The van der Waals surface area contributed by atoms with Crippen LogP contribution in [0.3, 0.4) is 0 Å². The second-order valence-electron chi connectivity index (χ2n) is 3.73. The molecule has 1 rings (SSSR count). The van der Waals surface area contributed by atoms with Gasteiger partial charge in [-0.25, -0.2) is 0 Å². The topological polar surface area (TPSA) is 27.7 Å². The monoisotopic (exact) mass is 316 g/mol. The summed E-state index contributed by atoms with van der Waals surface area (Å²) < 4.78 is 16.5. The molecule has 0 atom stereocenters. The number of halogens is 1. The first-order valence-electron chi connectivity index (χ1n) is 6.31. The molecule has 0 bridgehead atoms. The normalized spacial score (nSPS) is 10.9. The molecular weight excluding hydrogens is 296 g/mol. The van der Waals surface area contributed by atoms with Crippen molar-refractivity contribution in [2.45, 2.75) is 26.6 Å². The fourth-order valence-electron chi connectivity index (χ4n) is 1.54. The van der Waals surface area contributed by atoms with E-state index in [2.05, 4.69) is 28.1 Å². The van der Waals surface area contributed by atoms with Crippen LogP contribution in [0.25, 0.3) is 0 Å². The zero-order valence-electron chi connectivity index (χ0n) is 11.0. The molecule has 0 amide bonds. The minimum atomic E-state index is -0.290. The van der Waals surface area contributed by atoms with Crippen LogP contribution in [0.4, 0.5) is 0 Å². The summed E-state index contributed by atoms with van der Waals surface area (Å²) in [6, 6.07) is 8.11. The fraction of sp³-hybridized carbons (Fsp3) is 0.571. The van der Waals surface area contributed by atoms with Gasteiger partial charge in [0.2, 0.25) is 0 Å². The first-order valence-corrected chi connectivity index (χ1v) is 7.43. The third-order valence-corrected chi connectivity index (χ3v) is 2.79. The van der Waals surface area contributed by atoms with Gasteiger partial charge in [0.1, 0.15) is 12.4 Å². The molecule has 18 heavy (non-hydrogen) atoms. The standard InChI is InChI=1S/C14H21BrO3/c1-3-16-14(17-4-2)11-18-13-7-5-12(6-8-13)9-10-15/h5-8,14H,3-4,9-11H2,1-2H3. The average molecular weight is 317 g/mol. The summed E-state index contributed by atoms with van der Waals surface area (Å²) >= 11 is 3.42. The average Bonchev–Trinajstić information content (AvgIpc) is 2.38. The molecule has 0 unspecified atom stereocenters. The Balaban J connectivity index is 2.41. The third kappa shape index (κ3) is 5.85. The second-order valence-corrected chi connectivity index (χ2v) is 4.53. The van der Waals surface area contributed by atoms with Gasteiger partial charge < -0.3 is 14.2 Å². The zero-order valence-corrected chi connectivity index (χ0v) is 12.6. The van der Waals surface area contributed by atoms with E-state index in [9.17, 15) is 0 Å². The highest BCUT2D eigenvalue weighted by Crippen LogP contribution is 2.14. The molecule has 0 aliphatic rings. The molecule has 0 spiro atoms. The van der Waals surface area contributed by atoms with Crippen LogP contribution in [-0.2, 0) is 15.9 Å². The highest BCUT2D eigenvalue weighted by Gasteiger charge is 2.08. The summed E-state index contributed by atoms with van der Waals surface area (Å²) in [5, 5.41) is 0.976. The van der Waals surface area contributed by atoms with Crippen LogP contribution < -0.4 is 4.74 Å². The molecule has 0 fully saturated rings. The van der Waals surface area contributed by atoms with E-state index in [1.54, 1.807) is 0 Å². The SMILES string of the molecule is CCOC(COc1ccc(CCBr)cc1)OCC. The van der Waals surface area contributed by atoms with Gasteiger partial charge in [0.05, 0.1) is 0 Å². The molecule has 0 heterocycles. The predicted octanol–water partition coefficient (Wildman–Crippen LogP) is 3.40. The van der Waals surface area contributed by atoms with Crippen molar-refractivity contribution in [2.75, 3.05) is 25.2 Å². The minimum Gasteiger partial charge on any atom is -0.488 e. The molecule has 102 valence electrons. The van der Waals surface area contributed by atoms with Crippen LogP contribution in [0.5, 0.6) is 5.75 Å². The number of hydrogen-bond acceptors (Lipinski definition) is 3. The van der Waals surface area contributed by atoms with Crippen LogP contribution in [0, 0.1) is 0 Å². The number of aryl methyl sites for hydroxylation is 1. The van der Waals surface area contributed by atoms with Gasteiger partial charge in [0.15, 0.2) is 6.29 Å². The van der Waals surface area contributed by atoms with E-state index in [1.807, 2.05) is 26.0 Å². The summed E-state index contributed by atoms with van der Waals surface area (Å²) in [6.07, 6.45) is 0.739. The zero-order chi connectivity index (χ0) is 13.2. The third-order valence-electron chi connectivity index (χ3n) is 2.40. The van der Waals surface area contributed by atoms with Crippen molar-refractivity contribution >= 4 is 15.9 Å². The highest BCUT2D eigenvalue weighted by molar-refractivity contribution is 9.09. The summed E-state index contributed by atoms with van der Waals surface area (Å²) in [4.78, 5) is 0. The van der Waals surface area contributed by atoms with Crippen LogP contribution in [-0.4, -0.2) is 31.4 Å². The number of alkyl halides is 1. The Morgan fingerprint density at radius 3 is 2.17 bits per heavy atom. The molecule has 1 aromatic rings. The van der Waals surface area contributed by atoms with Gasteiger partial charge in [-0.3, -0.25) is 0 Å². The highest BCUT2D eigenvalue weighted by atomic mass is 79.9. The molecular formula is C14H21BrO3. The van der Waals surface area contributed by atoms with Gasteiger partial charge in [-0.05, 0) is 38.0 Å². The fourth-order valence-corrected chi connectivity index (χ4v) is 2.00. The first-order chi connectivity index (χ1) is 8.80. The Morgan fingerprint density at radius 1 is 1.06 bits per heavy atom. The summed E-state index contributed by atoms with van der Waals surface area (Å²) in [6.45, 7) is 5.55. The van der Waals surface area contributed by atoms with Crippen molar-refractivity contribution < 1.29 is 14.2 Å². The molecule has 0 aliphatic heterocycles. The Kier molecular flexibility index (Phi) is 8.05. The van der Waals surface area contributed by atoms with Gasteiger partial charge in [-0.15, -0.1) is 0 Å². The largest absolute Gasteiger partial charge is 0.488 e. The van der Waals surface area contributed by atoms with Gasteiger partial charge in [-0.1, -0.05) is 28.1 Å². The minimum absolute atomic E-state index is 0.290. The number of ether oxygens (including phenoxy) is 3. The van der Waals surface area contributed by atoms with Crippen molar-refractivity contribution in [1.29, 1.82) is 0 Å². The van der Waals surface area contributed by atoms with Crippen LogP contribution in [0.2, 0.25) is 0 Å². The maximum Gasteiger partial charge on any atom is 0.191 e. The molecule has 0 N–H and O–H groups in total. The van der Waals surface area contributed by atoms with E-state index in [4.69, 9.17) is 14.2 Å². The van der Waals surface area contributed by atoms with Crippen LogP contribution >= 0.6 is 15.9 Å². The van der Waals surface area contributed by atoms with Gasteiger partial charge in [0.25, 0.3) is 0 Å². The molecule has 1 aromatic carbocycles. The Bertz CT molecular complexity index is 307. The van der Waals surface area contributed by atoms with E-state index in [-0.39, 0.29) is 6.29 Å². The van der Waals surface area contributed by atoms with E-state index in [0.717, 1.165) is 17.5 Å². The molecule has 0 aliphatic carbocycles. The Labute approximate surface area is 118 Å².